The maximum Gasteiger partial charge on any atom is 0.303 e. The van der Waals surface area contributed by atoms with E-state index < -0.39 is 12.0 Å². The third-order valence-corrected chi connectivity index (χ3v) is 3.09. The Labute approximate surface area is 120 Å². The molecule has 1 aromatic carbocycles. The Bertz CT molecular complexity index is 479. The van der Waals surface area contributed by atoms with Crippen LogP contribution < -0.4 is 5.32 Å². The summed E-state index contributed by atoms with van der Waals surface area (Å²) in [5.41, 5.74) is 0.460. The molecule has 0 spiro atoms. The highest BCUT2D eigenvalue weighted by Crippen LogP contribution is 2.32. The summed E-state index contributed by atoms with van der Waals surface area (Å²) in [6.07, 6.45) is 0.909. The van der Waals surface area contributed by atoms with Gasteiger partial charge in [0.1, 0.15) is 5.75 Å². The Hall–Kier alpha value is -1.46. The summed E-state index contributed by atoms with van der Waals surface area (Å²) in [6.45, 7) is 0. The van der Waals surface area contributed by atoms with Crippen molar-refractivity contribution < 1.29 is 19.8 Å². The number of aromatic hydroxyl groups is 1. The average Bonchev–Trinajstić information content (AvgIpc) is 2.32. The number of hydrogen-bond acceptors (Lipinski definition) is 3. The fourth-order valence-corrected chi connectivity index (χ4v) is 2.21. The fraction of sp³-hybridized carbons (Fsp3) is 0.333. The smallest absolute Gasteiger partial charge is 0.303 e. The molecular weight excluding hydrogens is 293 g/mol. The molecule has 1 atom stereocenters. The van der Waals surface area contributed by atoms with Crippen LogP contribution in [-0.2, 0) is 16.0 Å². The van der Waals surface area contributed by atoms with Gasteiger partial charge in [0.2, 0.25) is 6.41 Å². The molecule has 0 aliphatic rings. The van der Waals surface area contributed by atoms with Gasteiger partial charge < -0.3 is 15.5 Å². The number of carboxylic acids is 1. The monoisotopic (exact) mass is 305 g/mol. The second-order valence-electron chi connectivity index (χ2n) is 4.01. The van der Waals surface area contributed by atoms with E-state index in [0.717, 1.165) is 0 Å². The summed E-state index contributed by atoms with van der Waals surface area (Å²) in [4.78, 5) is 21.0. The zero-order chi connectivity index (χ0) is 14.4. The van der Waals surface area contributed by atoms with Crippen LogP contribution in [0.25, 0.3) is 0 Å². The number of carboxylic acid groups (broad SMARTS) is 1. The van der Waals surface area contributed by atoms with Crippen molar-refractivity contribution in [2.24, 2.45) is 0 Å². The van der Waals surface area contributed by atoms with Gasteiger partial charge in [-0.1, -0.05) is 23.2 Å². The van der Waals surface area contributed by atoms with E-state index in [1.54, 1.807) is 0 Å². The molecule has 0 radical (unpaired) electrons. The van der Waals surface area contributed by atoms with Gasteiger partial charge in [0, 0.05) is 17.5 Å². The molecule has 1 amide bonds. The molecular formula is C12H13Cl2NO4. The summed E-state index contributed by atoms with van der Waals surface area (Å²) >= 11 is 11.6. The minimum atomic E-state index is -0.953. The van der Waals surface area contributed by atoms with Gasteiger partial charge in [0.05, 0.1) is 5.02 Å². The van der Waals surface area contributed by atoms with E-state index in [1.807, 2.05) is 0 Å². The van der Waals surface area contributed by atoms with Gasteiger partial charge in [-0.15, -0.1) is 0 Å². The Balaban J connectivity index is 2.83. The first-order valence-corrected chi connectivity index (χ1v) is 6.28. The van der Waals surface area contributed by atoms with Crippen LogP contribution in [0.4, 0.5) is 0 Å². The zero-order valence-corrected chi connectivity index (χ0v) is 11.4. The van der Waals surface area contributed by atoms with Crippen LogP contribution in [0.5, 0.6) is 5.75 Å². The van der Waals surface area contributed by atoms with Crippen LogP contribution in [0.15, 0.2) is 12.1 Å². The molecule has 3 N–H and O–H groups in total. The molecule has 1 unspecified atom stereocenters. The number of nitrogens with one attached hydrogen (secondary N) is 1. The van der Waals surface area contributed by atoms with Gasteiger partial charge in [0.25, 0.3) is 0 Å². The fourth-order valence-electron chi connectivity index (χ4n) is 1.68. The Morgan fingerprint density at radius 2 is 2.11 bits per heavy atom. The summed E-state index contributed by atoms with van der Waals surface area (Å²) < 4.78 is 0. The second kappa shape index (κ2) is 7.21. The highest BCUT2D eigenvalue weighted by Gasteiger charge is 2.15. The third-order valence-electron chi connectivity index (χ3n) is 2.58. The first-order chi connectivity index (χ1) is 8.93. The van der Waals surface area contributed by atoms with Gasteiger partial charge in [-0.2, -0.15) is 0 Å². The normalized spacial score (nSPS) is 11.9. The molecule has 1 aromatic rings. The SMILES string of the molecule is O=CNC(CCC(=O)O)Cc1cc(Cl)cc(Cl)c1O. The largest absolute Gasteiger partial charge is 0.506 e. The molecule has 0 fully saturated rings. The number of carbonyl (C=O) groups is 2. The number of aliphatic carboxylic acids is 1. The first kappa shape index (κ1) is 15.6. The number of rotatable bonds is 7. The molecule has 0 saturated heterocycles. The van der Waals surface area contributed by atoms with E-state index in [0.29, 0.717) is 17.0 Å². The number of carbonyl (C=O) groups excluding carboxylic acids is 1. The lowest BCUT2D eigenvalue weighted by Gasteiger charge is -2.16. The molecule has 7 heteroatoms. The lowest BCUT2D eigenvalue weighted by atomic mass is 10.0. The molecule has 0 aromatic heterocycles. The number of amides is 1. The van der Waals surface area contributed by atoms with Gasteiger partial charge in [-0.25, -0.2) is 0 Å². The molecule has 1 rings (SSSR count). The van der Waals surface area contributed by atoms with E-state index in [2.05, 4.69) is 5.32 Å². The Kier molecular flexibility index (Phi) is 5.92. The van der Waals surface area contributed by atoms with Crippen LogP contribution in [0, 0.1) is 0 Å². The van der Waals surface area contributed by atoms with Crippen LogP contribution in [0.1, 0.15) is 18.4 Å². The number of phenols is 1. The molecule has 0 heterocycles. The second-order valence-corrected chi connectivity index (χ2v) is 4.86. The predicted molar refractivity (Wildman–Crippen MR) is 71.7 cm³/mol. The molecule has 104 valence electrons. The summed E-state index contributed by atoms with van der Waals surface area (Å²) in [7, 11) is 0. The maximum atomic E-state index is 10.5. The van der Waals surface area contributed by atoms with Crippen molar-refractivity contribution in [3.8, 4) is 5.75 Å². The molecule has 0 bridgehead atoms. The third kappa shape index (κ3) is 4.96. The average molecular weight is 306 g/mol. The van der Waals surface area contributed by atoms with Crippen molar-refractivity contribution in [3.05, 3.63) is 27.7 Å². The van der Waals surface area contributed by atoms with Crippen molar-refractivity contribution in [2.75, 3.05) is 0 Å². The molecule has 0 aliphatic carbocycles. The number of benzene rings is 1. The highest BCUT2D eigenvalue weighted by atomic mass is 35.5. The Morgan fingerprint density at radius 3 is 2.68 bits per heavy atom. The van der Waals surface area contributed by atoms with Crippen LogP contribution in [-0.4, -0.2) is 28.6 Å². The predicted octanol–water partition coefficient (Wildman–Crippen LogP) is 2.22. The minimum Gasteiger partial charge on any atom is -0.506 e. The highest BCUT2D eigenvalue weighted by molar-refractivity contribution is 6.35. The van der Waals surface area contributed by atoms with E-state index in [1.165, 1.54) is 12.1 Å². The van der Waals surface area contributed by atoms with E-state index in [9.17, 15) is 14.7 Å². The van der Waals surface area contributed by atoms with Crippen molar-refractivity contribution in [3.63, 3.8) is 0 Å². The van der Waals surface area contributed by atoms with Crippen LogP contribution in [0.2, 0.25) is 10.0 Å². The Morgan fingerprint density at radius 1 is 1.42 bits per heavy atom. The number of phenolic OH excluding ortho intramolecular Hbond substituents is 1. The van der Waals surface area contributed by atoms with Gasteiger partial charge in [-0.3, -0.25) is 9.59 Å². The zero-order valence-electron chi connectivity index (χ0n) is 9.90. The van der Waals surface area contributed by atoms with Gasteiger partial charge >= 0.3 is 5.97 Å². The molecule has 0 saturated carbocycles. The lowest BCUT2D eigenvalue weighted by Crippen LogP contribution is -2.30. The van der Waals surface area contributed by atoms with Crippen molar-refractivity contribution in [1.82, 2.24) is 5.32 Å². The van der Waals surface area contributed by atoms with Crippen LogP contribution >= 0.6 is 23.2 Å². The topological polar surface area (TPSA) is 86.6 Å². The summed E-state index contributed by atoms with van der Waals surface area (Å²) in [5, 5.41) is 21.4. The van der Waals surface area contributed by atoms with Gasteiger partial charge in [-0.05, 0) is 30.5 Å². The summed E-state index contributed by atoms with van der Waals surface area (Å²) in [5.74, 6) is -1.06. The van der Waals surface area contributed by atoms with Crippen molar-refractivity contribution >= 4 is 35.6 Å². The quantitative estimate of drug-likeness (QED) is 0.674. The molecule has 0 aliphatic heterocycles. The van der Waals surface area contributed by atoms with E-state index in [4.69, 9.17) is 28.3 Å². The van der Waals surface area contributed by atoms with E-state index >= 15 is 0 Å². The lowest BCUT2D eigenvalue weighted by molar-refractivity contribution is -0.137. The number of hydrogen-bond donors (Lipinski definition) is 3. The molecule has 19 heavy (non-hydrogen) atoms. The van der Waals surface area contributed by atoms with Crippen molar-refractivity contribution in [1.29, 1.82) is 0 Å². The van der Waals surface area contributed by atoms with Crippen LogP contribution in [0.3, 0.4) is 0 Å². The minimum absolute atomic E-state index is 0.0828. The van der Waals surface area contributed by atoms with E-state index in [-0.39, 0.29) is 30.0 Å². The standard InChI is InChI=1S/C12H13Cl2NO4/c13-8-3-7(12(19)10(14)5-8)4-9(15-6-16)1-2-11(17)18/h3,5-6,9,19H,1-2,4H2,(H,15,16)(H,17,18). The maximum absolute atomic E-state index is 10.5. The van der Waals surface area contributed by atoms with Gasteiger partial charge in [0.15, 0.2) is 0 Å². The van der Waals surface area contributed by atoms with Crippen molar-refractivity contribution in [2.45, 2.75) is 25.3 Å². The first-order valence-electron chi connectivity index (χ1n) is 5.52. The molecule has 5 nitrogen and oxygen atoms in total. The summed E-state index contributed by atoms with van der Waals surface area (Å²) in [6, 6.07) is 2.53. The number of halogens is 2.